The van der Waals surface area contributed by atoms with E-state index in [1.54, 1.807) is 18.2 Å². The van der Waals surface area contributed by atoms with Gasteiger partial charge in [0.2, 0.25) is 5.16 Å². The highest BCUT2D eigenvalue weighted by atomic mass is 35.5. The van der Waals surface area contributed by atoms with Crippen LogP contribution >= 0.6 is 23.4 Å². The third-order valence-corrected chi connectivity index (χ3v) is 4.48. The lowest BCUT2D eigenvalue weighted by Crippen LogP contribution is -2.12. The fraction of sp³-hybridized carbons (Fsp3) is 0.0625. The topological polar surface area (TPSA) is 73.8 Å². The smallest absolute Gasteiger partial charge is 0.210 e. The average molecular weight is 345 g/mol. The second-order valence-corrected chi connectivity index (χ2v) is 6.08. The molecule has 0 radical (unpaired) electrons. The number of hydrogen-bond acceptors (Lipinski definition) is 5. The number of benzene rings is 2. The second kappa shape index (κ2) is 6.85. The van der Waals surface area contributed by atoms with Gasteiger partial charge >= 0.3 is 0 Å². The largest absolute Gasteiger partial charge is 0.335 e. The van der Waals surface area contributed by atoms with E-state index in [4.69, 9.17) is 17.4 Å². The molecule has 2 aromatic carbocycles. The third-order valence-electron chi connectivity index (χ3n) is 3.21. The van der Waals surface area contributed by atoms with Crippen LogP contribution in [0.5, 0.6) is 0 Å². The van der Waals surface area contributed by atoms with Crippen molar-refractivity contribution in [2.45, 2.75) is 5.16 Å². The van der Waals surface area contributed by atoms with Gasteiger partial charge in [0.25, 0.3) is 0 Å². The minimum atomic E-state index is 0.0119. The monoisotopic (exact) mass is 344 g/mol. The van der Waals surface area contributed by atoms with Gasteiger partial charge in [0.1, 0.15) is 0 Å². The van der Waals surface area contributed by atoms with Crippen molar-refractivity contribution in [2.75, 3.05) is 11.6 Å². The van der Waals surface area contributed by atoms with E-state index in [1.807, 2.05) is 36.4 Å². The summed E-state index contributed by atoms with van der Waals surface area (Å²) in [5.41, 5.74) is 1.36. The molecule has 2 N–H and O–H groups in total. The number of carbonyl (C=O) groups is 1. The standard InChI is InChI=1S/C16H13ClN4OS/c17-13-9-5-4-8-12(13)15-19-20-16(21(15)18)23-10-14(22)11-6-2-1-3-7-11/h1-9H,10,18H2. The molecule has 3 rings (SSSR count). The van der Waals surface area contributed by atoms with Crippen LogP contribution in [0.1, 0.15) is 10.4 Å². The van der Waals surface area contributed by atoms with Crippen molar-refractivity contribution in [1.29, 1.82) is 0 Å². The van der Waals surface area contributed by atoms with E-state index in [2.05, 4.69) is 10.2 Å². The molecule has 0 aliphatic heterocycles. The van der Waals surface area contributed by atoms with Crippen LogP contribution in [0.2, 0.25) is 5.02 Å². The predicted molar refractivity (Wildman–Crippen MR) is 92.1 cm³/mol. The summed E-state index contributed by atoms with van der Waals surface area (Å²) in [5, 5.41) is 9.11. The molecule has 1 heterocycles. The highest BCUT2D eigenvalue weighted by molar-refractivity contribution is 7.99. The van der Waals surface area contributed by atoms with Gasteiger partial charge in [-0.2, -0.15) is 0 Å². The minimum Gasteiger partial charge on any atom is -0.335 e. The van der Waals surface area contributed by atoms with Crippen molar-refractivity contribution in [1.82, 2.24) is 14.9 Å². The summed E-state index contributed by atoms with van der Waals surface area (Å²) < 4.78 is 1.35. The van der Waals surface area contributed by atoms with Crippen LogP contribution in [0, 0.1) is 0 Å². The maximum Gasteiger partial charge on any atom is 0.210 e. The molecule has 0 aliphatic rings. The third kappa shape index (κ3) is 3.38. The van der Waals surface area contributed by atoms with Gasteiger partial charge in [0.05, 0.1) is 10.8 Å². The molecule has 116 valence electrons. The van der Waals surface area contributed by atoms with Gasteiger partial charge in [-0.15, -0.1) is 10.2 Å². The Bertz CT molecular complexity index is 835. The Morgan fingerprint density at radius 2 is 1.78 bits per heavy atom. The molecular formula is C16H13ClN4OS. The van der Waals surface area contributed by atoms with E-state index < -0.39 is 0 Å². The van der Waals surface area contributed by atoms with Crippen molar-refractivity contribution in [2.24, 2.45) is 0 Å². The van der Waals surface area contributed by atoms with Gasteiger partial charge in [-0.1, -0.05) is 65.8 Å². The molecule has 0 atom stereocenters. The molecule has 5 nitrogen and oxygen atoms in total. The molecule has 7 heteroatoms. The number of hydrogen-bond donors (Lipinski definition) is 1. The molecule has 0 saturated carbocycles. The maximum atomic E-state index is 12.1. The zero-order chi connectivity index (χ0) is 16.2. The first-order valence-corrected chi connectivity index (χ1v) is 8.19. The van der Waals surface area contributed by atoms with Gasteiger partial charge in [0.15, 0.2) is 11.6 Å². The Morgan fingerprint density at radius 1 is 1.09 bits per heavy atom. The van der Waals surface area contributed by atoms with Crippen LogP contribution in [-0.4, -0.2) is 26.4 Å². The van der Waals surface area contributed by atoms with E-state index in [0.29, 0.717) is 27.1 Å². The summed E-state index contributed by atoms with van der Waals surface area (Å²) in [7, 11) is 0. The molecule has 0 saturated heterocycles. The highest BCUT2D eigenvalue weighted by Crippen LogP contribution is 2.27. The first-order valence-electron chi connectivity index (χ1n) is 6.83. The molecular weight excluding hydrogens is 332 g/mol. The molecule has 0 fully saturated rings. The van der Waals surface area contributed by atoms with Gasteiger partial charge in [-0.05, 0) is 12.1 Å². The summed E-state index contributed by atoms with van der Waals surface area (Å²) >= 11 is 7.39. The predicted octanol–water partition coefficient (Wildman–Crippen LogP) is 3.29. The van der Waals surface area contributed by atoms with Crippen LogP contribution in [0.4, 0.5) is 0 Å². The van der Waals surface area contributed by atoms with Crippen molar-refractivity contribution in [3.05, 3.63) is 65.2 Å². The Hall–Kier alpha value is -2.31. The fourth-order valence-electron chi connectivity index (χ4n) is 2.04. The molecule has 23 heavy (non-hydrogen) atoms. The average Bonchev–Trinajstić information content (AvgIpc) is 2.94. The molecule has 0 bridgehead atoms. The summed E-state index contributed by atoms with van der Waals surface area (Å²) in [5.74, 6) is 6.74. The number of carbonyl (C=O) groups excluding carboxylic acids is 1. The van der Waals surface area contributed by atoms with E-state index in [9.17, 15) is 4.79 Å². The van der Waals surface area contributed by atoms with Gasteiger partial charge in [-0.3, -0.25) is 4.79 Å². The molecule has 0 amide bonds. The first kappa shape index (κ1) is 15.6. The first-order chi connectivity index (χ1) is 11.2. The quantitative estimate of drug-likeness (QED) is 0.437. The zero-order valence-electron chi connectivity index (χ0n) is 12.0. The Labute approximate surface area is 142 Å². The number of nitrogen functional groups attached to an aromatic ring is 1. The van der Waals surface area contributed by atoms with Gasteiger partial charge in [-0.25, -0.2) is 4.68 Å². The Balaban J connectivity index is 1.76. The van der Waals surface area contributed by atoms with Crippen LogP contribution in [0.15, 0.2) is 59.8 Å². The molecule has 0 spiro atoms. The number of nitrogens with two attached hydrogens (primary N) is 1. The number of halogens is 1. The Kier molecular flexibility index (Phi) is 4.64. The van der Waals surface area contributed by atoms with E-state index in [-0.39, 0.29) is 11.5 Å². The normalized spacial score (nSPS) is 10.7. The lowest BCUT2D eigenvalue weighted by molar-refractivity contribution is 0.102. The maximum absolute atomic E-state index is 12.1. The van der Waals surface area contributed by atoms with Crippen LogP contribution < -0.4 is 5.84 Å². The number of nitrogens with zero attached hydrogens (tertiary/aromatic N) is 3. The number of rotatable bonds is 5. The Morgan fingerprint density at radius 3 is 2.52 bits per heavy atom. The van der Waals surface area contributed by atoms with E-state index in [0.717, 1.165) is 0 Å². The lowest BCUT2D eigenvalue weighted by Gasteiger charge is -2.05. The summed E-state index contributed by atoms with van der Waals surface area (Å²) in [6.45, 7) is 0. The SMILES string of the molecule is Nn1c(SCC(=O)c2ccccc2)nnc1-c1ccccc1Cl. The molecule has 3 aromatic rings. The summed E-state index contributed by atoms with van der Waals surface area (Å²) in [6.07, 6.45) is 0. The molecule has 0 unspecified atom stereocenters. The van der Waals surface area contributed by atoms with Gasteiger partial charge < -0.3 is 5.84 Å². The highest BCUT2D eigenvalue weighted by Gasteiger charge is 2.16. The van der Waals surface area contributed by atoms with Crippen LogP contribution in [0.25, 0.3) is 11.4 Å². The fourth-order valence-corrected chi connectivity index (χ4v) is 3.01. The number of aromatic nitrogens is 3. The minimum absolute atomic E-state index is 0.0119. The number of thioether (sulfide) groups is 1. The zero-order valence-corrected chi connectivity index (χ0v) is 13.6. The lowest BCUT2D eigenvalue weighted by atomic mass is 10.2. The van der Waals surface area contributed by atoms with Crippen molar-refractivity contribution < 1.29 is 4.79 Å². The summed E-state index contributed by atoms with van der Waals surface area (Å²) in [6, 6.07) is 16.4. The summed E-state index contributed by atoms with van der Waals surface area (Å²) in [4.78, 5) is 12.1. The number of ketones is 1. The van der Waals surface area contributed by atoms with Crippen molar-refractivity contribution in [3.63, 3.8) is 0 Å². The number of Topliss-reactive ketones (excluding diaryl/α,β-unsaturated/α-hetero) is 1. The second-order valence-electron chi connectivity index (χ2n) is 4.73. The van der Waals surface area contributed by atoms with Gasteiger partial charge in [0, 0.05) is 11.1 Å². The molecule has 1 aromatic heterocycles. The van der Waals surface area contributed by atoms with Crippen LogP contribution in [0.3, 0.4) is 0 Å². The van der Waals surface area contributed by atoms with Crippen LogP contribution in [-0.2, 0) is 0 Å². The van der Waals surface area contributed by atoms with E-state index >= 15 is 0 Å². The van der Waals surface area contributed by atoms with E-state index in [1.165, 1.54) is 16.4 Å². The van der Waals surface area contributed by atoms with Crippen molar-refractivity contribution >= 4 is 29.1 Å². The molecule has 0 aliphatic carbocycles. The van der Waals surface area contributed by atoms with Crippen molar-refractivity contribution in [3.8, 4) is 11.4 Å².